The average molecular weight is 289 g/mol. The van der Waals surface area contributed by atoms with Crippen molar-refractivity contribution in [2.24, 2.45) is 0 Å². The Kier molecular flexibility index (Phi) is 4.42. The number of aromatic nitrogens is 4. The summed E-state index contributed by atoms with van der Waals surface area (Å²) >= 11 is 0. The fourth-order valence-corrected chi connectivity index (χ4v) is 2.40. The molecule has 1 fully saturated rings. The third-order valence-electron chi connectivity index (χ3n) is 3.48. The molecule has 1 unspecified atom stereocenters. The van der Waals surface area contributed by atoms with E-state index < -0.39 is 0 Å². The molecule has 1 saturated heterocycles. The number of hydrogen-bond acceptors (Lipinski definition) is 6. The number of anilines is 1. The summed E-state index contributed by atoms with van der Waals surface area (Å²) in [6, 6.07) is 0. The molecule has 1 aliphatic heterocycles. The predicted molar refractivity (Wildman–Crippen MR) is 77.8 cm³/mol. The van der Waals surface area contributed by atoms with E-state index in [4.69, 9.17) is 9.84 Å². The van der Waals surface area contributed by atoms with Gasteiger partial charge in [0.25, 0.3) is 0 Å². The molecule has 0 saturated carbocycles. The van der Waals surface area contributed by atoms with Gasteiger partial charge in [-0.25, -0.2) is 15.0 Å². The van der Waals surface area contributed by atoms with Crippen LogP contribution in [0.15, 0.2) is 24.8 Å². The zero-order chi connectivity index (χ0) is 14.5. The van der Waals surface area contributed by atoms with Crippen LogP contribution in [-0.2, 0) is 11.3 Å². The lowest BCUT2D eigenvalue weighted by Crippen LogP contribution is -2.19. The SMILES string of the molecule is OCCn1ccnc1-c1cnc(NCC2CCCO2)nc1. The highest BCUT2D eigenvalue weighted by Gasteiger charge is 2.15. The van der Waals surface area contributed by atoms with Gasteiger partial charge in [0, 0.05) is 44.5 Å². The van der Waals surface area contributed by atoms with Gasteiger partial charge < -0.3 is 19.7 Å². The van der Waals surface area contributed by atoms with Crippen LogP contribution < -0.4 is 5.32 Å². The zero-order valence-electron chi connectivity index (χ0n) is 11.8. The highest BCUT2D eigenvalue weighted by Crippen LogP contribution is 2.17. The number of ether oxygens (including phenoxy) is 1. The van der Waals surface area contributed by atoms with Gasteiger partial charge in [-0.05, 0) is 12.8 Å². The lowest BCUT2D eigenvalue weighted by Gasteiger charge is -2.11. The van der Waals surface area contributed by atoms with Gasteiger partial charge in [0.2, 0.25) is 5.95 Å². The van der Waals surface area contributed by atoms with Crippen molar-refractivity contribution in [2.75, 3.05) is 25.1 Å². The van der Waals surface area contributed by atoms with E-state index in [1.54, 1.807) is 18.6 Å². The van der Waals surface area contributed by atoms with Crippen LogP contribution >= 0.6 is 0 Å². The summed E-state index contributed by atoms with van der Waals surface area (Å²) in [4.78, 5) is 12.9. The molecule has 2 aromatic rings. The molecule has 3 heterocycles. The summed E-state index contributed by atoms with van der Waals surface area (Å²) in [7, 11) is 0. The van der Waals surface area contributed by atoms with Gasteiger partial charge in [0.05, 0.1) is 18.3 Å². The van der Waals surface area contributed by atoms with E-state index in [0.717, 1.165) is 37.4 Å². The Bertz CT molecular complexity index is 563. The second-order valence-corrected chi connectivity index (χ2v) is 4.98. The van der Waals surface area contributed by atoms with Crippen molar-refractivity contribution in [2.45, 2.75) is 25.5 Å². The topological polar surface area (TPSA) is 85.1 Å². The first-order valence-corrected chi connectivity index (χ1v) is 7.16. The third kappa shape index (κ3) is 3.37. The Morgan fingerprint density at radius 1 is 1.33 bits per heavy atom. The third-order valence-corrected chi connectivity index (χ3v) is 3.48. The monoisotopic (exact) mass is 289 g/mol. The van der Waals surface area contributed by atoms with Gasteiger partial charge in [-0.3, -0.25) is 0 Å². The van der Waals surface area contributed by atoms with Gasteiger partial charge >= 0.3 is 0 Å². The minimum atomic E-state index is 0.0746. The molecule has 2 N–H and O–H groups in total. The summed E-state index contributed by atoms with van der Waals surface area (Å²) in [6.07, 6.45) is 9.48. The van der Waals surface area contributed by atoms with Crippen LogP contribution in [0.25, 0.3) is 11.4 Å². The zero-order valence-corrected chi connectivity index (χ0v) is 11.8. The van der Waals surface area contributed by atoms with E-state index in [-0.39, 0.29) is 12.7 Å². The number of nitrogens with zero attached hydrogens (tertiary/aromatic N) is 4. The number of aliphatic hydroxyl groups is 1. The van der Waals surface area contributed by atoms with Crippen LogP contribution in [0.3, 0.4) is 0 Å². The normalized spacial score (nSPS) is 18.0. The van der Waals surface area contributed by atoms with E-state index >= 15 is 0 Å². The van der Waals surface area contributed by atoms with Crippen LogP contribution in [0.4, 0.5) is 5.95 Å². The van der Waals surface area contributed by atoms with Gasteiger partial charge in [-0.1, -0.05) is 0 Å². The molecular formula is C14H19N5O2. The van der Waals surface area contributed by atoms with Gasteiger partial charge in [-0.15, -0.1) is 0 Å². The first kappa shape index (κ1) is 14.0. The summed E-state index contributed by atoms with van der Waals surface area (Å²) in [6.45, 7) is 2.16. The standard InChI is InChI=1S/C14H19N5O2/c20-6-5-19-4-3-15-13(19)11-8-16-14(17-9-11)18-10-12-2-1-7-21-12/h3-4,8-9,12,20H,1-2,5-7,10H2,(H,16,17,18). The molecule has 1 atom stereocenters. The maximum Gasteiger partial charge on any atom is 0.222 e. The Morgan fingerprint density at radius 2 is 2.19 bits per heavy atom. The first-order valence-electron chi connectivity index (χ1n) is 7.16. The van der Waals surface area contributed by atoms with E-state index in [1.807, 2.05) is 10.8 Å². The second kappa shape index (κ2) is 6.64. The predicted octanol–water partition coefficient (Wildman–Crippen LogP) is 0.923. The Hall–Kier alpha value is -1.99. The molecule has 7 nitrogen and oxygen atoms in total. The number of hydrogen-bond donors (Lipinski definition) is 2. The van der Waals surface area contributed by atoms with Crippen LogP contribution in [0, 0.1) is 0 Å². The van der Waals surface area contributed by atoms with Crippen molar-refractivity contribution in [3.05, 3.63) is 24.8 Å². The lowest BCUT2D eigenvalue weighted by molar-refractivity contribution is 0.120. The smallest absolute Gasteiger partial charge is 0.222 e. The van der Waals surface area contributed by atoms with E-state index in [0.29, 0.717) is 12.5 Å². The van der Waals surface area contributed by atoms with Crippen LogP contribution in [-0.4, -0.2) is 50.5 Å². The molecule has 7 heteroatoms. The number of aliphatic hydroxyl groups excluding tert-OH is 1. The molecule has 0 aromatic carbocycles. The van der Waals surface area contributed by atoms with Crippen molar-refractivity contribution in [1.29, 1.82) is 0 Å². The van der Waals surface area contributed by atoms with Crippen LogP contribution in [0.1, 0.15) is 12.8 Å². The minimum absolute atomic E-state index is 0.0746. The average Bonchev–Trinajstić information content (AvgIpc) is 3.17. The van der Waals surface area contributed by atoms with E-state index in [9.17, 15) is 0 Å². The Labute approximate surface area is 123 Å². The molecule has 2 aromatic heterocycles. The van der Waals surface area contributed by atoms with Crippen molar-refractivity contribution < 1.29 is 9.84 Å². The van der Waals surface area contributed by atoms with E-state index in [2.05, 4.69) is 20.3 Å². The van der Waals surface area contributed by atoms with Crippen LogP contribution in [0.2, 0.25) is 0 Å². The molecule has 0 aliphatic carbocycles. The Morgan fingerprint density at radius 3 is 2.90 bits per heavy atom. The molecule has 21 heavy (non-hydrogen) atoms. The number of nitrogens with one attached hydrogen (secondary N) is 1. The van der Waals surface area contributed by atoms with Crippen molar-refractivity contribution >= 4 is 5.95 Å². The highest BCUT2D eigenvalue weighted by molar-refractivity contribution is 5.53. The molecule has 0 spiro atoms. The molecule has 0 amide bonds. The molecule has 3 rings (SSSR count). The summed E-state index contributed by atoms with van der Waals surface area (Å²) in [5.74, 6) is 1.35. The fourth-order valence-electron chi connectivity index (χ4n) is 2.40. The van der Waals surface area contributed by atoms with Crippen molar-refractivity contribution in [3.8, 4) is 11.4 Å². The second-order valence-electron chi connectivity index (χ2n) is 4.98. The largest absolute Gasteiger partial charge is 0.395 e. The van der Waals surface area contributed by atoms with Crippen molar-refractivity contribution in [3.63, 3.8) is 0 Å². The summed E-state index contributed by atoms with van der Waals surface area (Å²) < 4.78 is 7.42. The Balaban J connectivity index is 1.64. The van der Waals surface area contributed by atoms with E-state index in [1.165, 1.54) is 0 Å². The van der Waals surface area contributed by atoms with Gasteiger partial charge in [-0.2, -0.15) is 0 Å². The number of imidazole rings is 1. The molecule has 1 aliphatic rings. The fraction of sp³-hybridized carbons (Fsp3) is 0.500. The summed E-state index contributed by atoms with van der Waals surface area (Å²) in [5, 5.41) is 12.2. The van der Waals surface area contributed by atoms with Gasteiger partial charge in [0.1, 0.15) is 5.82 Å². The molecular weight excluding hydrogens is 270 g/mol. The van der Waals surface area contributed by atoms with Crippen molar-refractivity contribution in [1.82, 2.24) is 19.5 Å². The maximum absolute atomic E-state index is 9.03. The maximum atomic E-state index is 9.03. The van der Waals surface area contributed by atoms with Gasteiger partial charge in [0.15, 0.2) is 0 Å². The number of rotatable bonds is 6. The van der Waals surface area contributed by atoms with Crippen LogP contribution in [0.5, 0.6) is 0 Å². The molecule has 112 valence electrons. The summed E-state index contributed by atoms with van der Waals surface area (Å²) in [5.41, 5.74) is 0.830. The highest BCUT2D eigenvalue weighted by atomic mass is 16.5. The quantitative estimate of drug-likeness (QED) is 0.822. The molecule has 0 radical (unpaired) electrons. The lowest BCUT2D eigenvalue weighted by atomic mass is 10.2. The first-order chi connectivity index (χ1) is 10.4. The molecule has 0 bridgehead atoms. The minimum Gasteiger partial charge on any atom is -0.395 e.